The van der Waals surface area contributed by atoms with E-state index in [0.717, 1.165) is 23.7 Å². The van der Waals surface area contributed by atoms with Gasteiger partial charge < -0.3 is 10.6 Å². The van der Waals surface area contributed by atoms with E-state index in [1.807, 2.05) is 27.7 Å². The van der Waals surface area contributed by atoms with E-state index in [1.165, 1.54) is 4.31 Å². The summed E-state index contributed by atoms with van der Waals surface area (Å²) in [5.74, 6) is 0.662. The SMILES string of the molecule is CCNC(=NCCS(=O)(=O)N(CC)CC)NCCc1csc(C)n1.I. The van der Waals surface area contributed by atoms with Gasteiger partial charge in [0.1, 0.15) is 0 Å². The number of hydrogen-bond acceptors (Lipinski definition) is 5. The zero-order valence-electron chi connectivity index (χ0n) is 15.4. The number of sulfonamides is 1. The van der Waals surface area contributed by atoms with Crippen molar-refractivity contribution >= 4 is 51.3 Å². The monoisotopic (exact) mass is 503 g/mol. The number of nitrogens with one attached hydrogen (secondary N) is 2. The Morgan fingerprint density at radius 1 is 1.28 bits per heavy atom. The Hall–Kier alpha value is -0.460. The Morgan fingerprint density at radius 2 is 1.96 bits per heavy atom. The maximum atomic E-state index is 12.1. The van der Waals surface area contributed by atoms with Crippen LogP contribution in [0.3, 0.4) is 0 Å². The van der Waals surface area contributed by atoms with E-state index < -0.39 is 10.0 Å². The van der Waals surface area contributed by atoms with Crippen LogP contribution in [0.15, 0.2) is 10.4 Å². The Bertz CT molecular complexity index is 615. The molecule has 0 radical (unpaired) electrons. The molecule has 0 fully saturated rings. The third kappa shape index (κ3) is 9.15. The molecule has 0 spiro atoms. The second-order valence-corrected chi connectivity index (χ2v) is 8.35. The van der Waals surface area contributed by atoms with Gasteiger partial charge in [0.15, 0.2) is 5.96 Å². The first-order chi connectivity index (χ1) is 11.4. The second-order valence-electron chi connectivity index (χ2n) is 5.20. The highest BCUT2D eigenvalue weighted by atomic mass is 127. The molecular weight excluding hydrogens is 473 g/mol. The fourth-order valence-electron chi connectivity index (χ4n) is 2.19. The summed E-state index contributed by atoms with van der Waals surface area (Å²) in [4.78, 5) is 8.78. The highest BCUT2D eigenvalue weighted by Crippen LogP contribution is 2.07. The summed E-state index contributed by atoms with van der Waals surface area (Å²) in [5.41, 5.74) is 1.06. The van der Waals surface area contributed by atoms with Gasteiger partial charge in [-0.25, -0.2) is 17.7 Å². The Labute approximate surface area is 172 Å². The van der Waals surface area contributed by atoms with E-state index in [-0.39, 0.29) is 36.3 Å². The summed E-state index contributed by atoms with van der Waals surface area (Å²) in [6.45, 7) is 10.3. The minimum atomic E-state index is -3.23. The number of hydrogen-bond donors (Lipinski definition) is 2. The van der Waals surface area contributed by atoms with Crippen LogP contribution in [0.25, 0.3) is 0 Å². The Morgan fingerprint density at radius 3 is 2.48 bits per heavy atom. The van der Waals surface area contributed by atoms with Crippen molar-refractivity contribution in [3.8, 4) is 0 Å². The number of guanidine groups is 1. The van der Waals surface area contributed by atoms with Crippen LogP contribution in [0.5, 0.6) is 0 Å². The molecule has 0 saturated carbocycles. The fraction of sp³-hybridized carbons (Fsp3) is 0.733. The van der Waals surface area contributed by atoms with Crippen LogP contribution in [0.4, 0.5) is 0 Å². The van der Waals surface area contributed by atoms with Crippen LogP contribution in [0, 0.1) is 6.92 Å². The summed E-state index contributed by atoms with van der Waals surface area (Å²) in [5, 5.41) is 9.46. The van der Waals surface area contributed by atoms with Crippen molar-refractivity contribution in [2.24, 2.45) is 4.99 Å². The molecule has 0 bridgehead atoms. The van der Waals surface area contributed by atoms with Crippen molar-refractivity contribution in [2.45, 2.75) is 34.1 Å². The van der Waals surface area contributed by atoms with Crippen LogP contribution in [-0.2, 0) is 16.4 Å². The predicted octanol–water partition coefficient (Wildman–Crippen LogP) is 1.84. The van der Waals surface area contributed by atoms with Gasteiger partial charge in [-0.1, -0.05) is 13.8 Å². The lowest BCUT2D eigenvalue weighted by molar-refractivity contribution is 0.445. The largest absolute Gasteiger partial charge is 0.357 e. The van der Waals surface area contributed by atoms with E-state index in [2.05, 4.69) is 26.0 Å². The molecular formula is C15H30IN5O2S2. The van der Waals surface area contributed by atoms with E-state index in [4.69, 9.17) is 0 Å². The topological polar surface area (TPSA) is 86.7 Å². The number of halogens is 1. The molecule has 0 atom stereocenters. The van der Waals surface area contributed by atoms with Crippen LogP contribution < -0.4 is 10.6 Å². The summed E-state index contributed by atoms with van der Waals surface area (Å²) in [6.07, 6.45) is 0.812. The molecule has 0 aliphatic rings. The predicted molar refractivity (Wildman–Crippen MR) is 117 cm³/mol. The molecule has 25 heavy (non-hydrogen) atoms. The number of aryl methyl sites for hydroxylation is 1. The van der Waals surface area contributed by atoms with Gasteiger partial charge in [-0.15, -0.1) is 35.3 Å². The molecule has 1 aromatic rings. The first kappa shape index (κ1) is 24.5. The van der Waals surface area contributed by atoms with Gasteiger partial charge in [-0.05, 0) is 13.8 Å². The first-order valence-electron chi connectivity index (χ1n) is 8.33. The van der Waals surface area contributed by atoms with Crippen molar-refractivity contribution < 1.29 is 8.42 Å². The molecule has 10 heteroatoms. The molecule has 0 unspecified atom stereocenters. The molecule has 0 aliphatic heterocycles. The Kier molecular flexibility index (Phi) is 12.6. The molecule has 146 valence electrons. The fourth-order valence-corrected chi connectivity index (χ4v) is 4.21. The van der Waals surface area contributed by atoms with Crippen molar-refractivity contribution in [1.29, 1.82) is 0 Å². The average Bonchev–Trinajstić information content (AvgIpc) is 2.93. The van der Waals surface area contributed by atoms with Crippen molar-refractivity contribution in [3.05, 3.63) is 16.1 Å². The minimum Gasteiger partial charge on any atom is -0.357 e. The van der Waals surface area contributed by atoms with Gasteiger partial charge in [0.05, 0.1) is 23.0 Å². The van der Waals surface area contributed by atoms with Gasteiger partial charge in [0.25, 0.3) is 0 Å². The molecule has 7 nitrogen and oxygen atoms in total. The summed E-state index contributed by atoms with van der Waals surface area (Å²) < 4.78 is 25.8. The number of aromatic nitrogens is 1. The quantitative estimate of drug-likeness (QED) is 0.289. The second kappa shape index (κ2) is 12.8. The first-order valence-corrected chi connectivity index (χ1v) is 10.8. The van der Waals surface area contributed by atoms with E-state index in [9.17, 15) is 8.42 Å². The molecule has 1 aromatic heterocycles. The maximum Gasteiger partial charge on any atom is 0.215 e. The number of nitrogens with zero attached hydrogens (tertiary/aromatic N) is 3. The third-order valence-electron chi connectivity index (χ3n) is 3.40. The third-order valence-corrected chi connectivity index (χ3v) is 6.23. The van der Waals surface area contributed by atoms with Gasteiger partial charge in [0, 0.05) is 38.0 Å². The average molecular weight is 503 g/mol. The Balaban J connectivity index is 0.00000576. The zero-order chi connectivity index (χ0) is 18.0. The van der Waals surface area contributed by atoms with Crippen LogP contribution in [0.1, 0.15) is 31.5 Å². The van der Waals surface area contributed by atoms with Crippen molar-refractivity contribution in [2.75, 3.05) is 38.5 Å². The summed E-state index contributed by atoms with van der Waals surface area (Å²) in [7, 11) is -3.23. The molecule has 1 rings (SSSR count). The van der Waals surface area contributed by atoms with Crippen molar-refractivity contribution in [3.63, 3.8) is 0 Å². The van der Waals surface area contributed by atoms with E-state index in [1.54, 1.807) is 11.3 Å². The summed E-state index contributed by atoms with van der Waals surface area (Å²) >= 11 is 1.64. The van der Waals surface area contributed by atoms with Crippen LogP contribution in [0.2, 0.25) is 0 Å². The summed E-state index contributed by atoms with van der Waals surface area (Å²) in [6, 6.07) is 0. The maximum absolute atomic E-state index is 12.1. The minimum absolute atomic E-state index is 0. The number of aliphatic imine (C=N–C) groups is 1. The van der Waals surface area contributed by atoms with E-state index >= 15 is 0 Å². The van der Waals surface area contributed by atoms with Gasteiger partial charge in [-0.2, -0.15) is 0 Å². The lowest BCUT2D eigenvalue weighted by Crippen LogP contribution is -2.39. The molecule has 0 aliphatic carbocycles. The van der Waals surface area contributed by atoms with Gasteiger partial charge >= 0.3 is 0 Å². The lowest BCUT2D eigenvalue weighted by atomic mass is 10.3. The van der Waals surface area contributed by atoms with E-state index in [0.29, 0.717) is 25.6 Å². The van der Waals surface area contributed by atoms with Crippen molar-refractivity contribution in [1.82, 2.24) is 19.9 Å². The number of thiazole rings is 1. The normalized spacial score (nSPS) is 12.1. The highest BCUT2D eigenvalue weighted by Gasteiger charge is 2.17. The van der Waals surface area contributed by atoms with Gasteiger partial charge in [-0.3, -0.25) is 4.99 Å². The molecule has 0 saturated heterocycles. The van der Waals surface area contributed by atoms with Crippen LogP contribution in [-0.4, -0.2) is 62.1 Å². The smallest absolute Gasteiger partial charge is 0.215 e. The van der Waals surface area contributed by atoms with Gasteiger partial charge in [0.2, 0.25) is 10.0 Å². The van der Waals surface area contributed by atoms with Crippen LogP contribution >= 0.6 is 35.3 Å². The lowest BCUT2D eigenvalue weighted by Gasteiger charge is -2.17. The molecule has 1 heterocycles. The molecule has 0 aromatic carbocycles. The standard InChI is InChI=1S/C15H29N5O2S2.HI/c1-5-16-15(17-9-8-14-12-23-13(4)19-14)18-10-11-24(21,22)20(6-2)7-3;/h12H,5-11H2,1-4H3,(H2,16,17,18);1H. The molecule has 0 amide bonds. The highest BCUT2D eigenvalue weighted by molar-refractivity contribution is 14.0. The molecule has 2 N–H and O–H groups in total. The number of rotatable bonds is 10. The zero-order valence-corrected chi connectivity index (χ0v) is 19.4.